The van der Waals surface area contributed by atoms with Gasteiger partial charge in [-0.15, -0.1) is 11.3 Å². The standard InChI is InChI=1S/C28H24BrClN2O3S/c29-22-14-18(11-12-24(22)35-17-19-6-1-3-9-23(19)30)15-32-28-26(21-8-2-4-10-25(21)36-28)27(33)31-16-20-7-5-13-34-20/h1,3,5-7,9,11-15H,2,4,8,10,16-17H2,(H,31,33). The van der Waals surface area contributed by atoms with Gasteiger partial charge in [0.25, 0.3) is 5.91 Å². The van der Waals surface area contributed by atoms with Crippen molar-refractivity contribution in [2.75, 3.05) is 0 Å². The van der Waals surface area contributed by atoms with Crippen LogP contribution in [-0.2, 0) is 26.0 Å². The first-order chi connectivity index (χ1) is 17.6. The fourth-order valence-corrected chi connectivity index (χ4v) is 6.10. The molecule has 0 saturated carbocycles. The zero-order valence-corrected chi connectivity index (χ0v) is 22.6. The number of halogens is 2. The number of aryl methyl sites for hydroxylation is 1. The van der Waals surface area contributed by atoms with E-state index in [4.69, 9.17) is 25.7 Å². The van der Waals surface area contributed by atoms with Gasteiger partial charge in [0, 0.05) is 21.7 Å². The van der Waals surface area contributed by atoms with Gasteiger partial charge in [-0.25, -0.2) is 4.99 Å². The molecule has 1 aliphatic rings. The predicted octanol–water partition coefficient (Wildman–Crippen LogP) is 7.90. The quantitative estimate of drug-likeness (QED) is 0.215. The second kappa shape index (κ2) is 11.5. The van der Waals surface area contributed by atoms with Gasteiger partial charge in [-0.3, -0.25) is 4.79 Å². The van der Waals surface area contributed by atoms with Crippen LogP contribution >= 0.6 is 38.9 Å². The van der Waals surface area contributed by atoms with E-state index in [0.717, 1.165) is 63.4 Å². The van der Waals surface area contributed by atoms with Gasteiger partial charge in [-0.2, -0.15) is 0 Å². The number of carbonyl (C=O) groups is 1. The van der Waals surface area contributed by atoms with Gasteiger partial charge >= 0.3 is 0 Å². The molecule has 0 saturated heterocycles. The van der Waals surface area contributed by atoms with Crippen LogP contribution < -0.4 is 10.1 Å². The lowest BCUT2D eigenvalue weighted by atomic mass is 9.95. The summed E-state index contributed by atoms with van der Waals surface area (Å²) in [5.74, 6) is 1.33. The van der Waals surface area contributed by atoms with E-state index >= 15 is 0 Å². The Labute approximate surface area is 227 Å². The Kier molecular flexibility index (Phi) is 7.90. The summed E-state index contributed by atoms with van der Waals surface area (Å²) in [7, 11) is 0. The molecule has 0 unspecified atom stereocenters. The predicted molar refractivity (Wildman–Crippen MR) is 148 cm³/mol. The summed E-state index contributed by atoms with van der Waals surface area (Å²) in [6, 6.07) is 17.1. The molecular weight excluding hydrogens is 560 g/mol. The number of hydrogen-bond donors (Lipinski definition) is 1. The number of amides is 1. The van der Waals surface area contributed by atoms with E-state index < -0.39 is 0 Å². The SMILES string of the molecule is O=C(NCc1ccco1)c1c(N=Cc2ccc(OCc3ccccc3Cl)c(Br)c2)sc2c1CCCC2. The molecule has 0 spiro atoms. The number of fused-ring (bicyclic) bond motifs is 1. The van der Waals surface area contributed by atoms with Gasteiger partial charge in [0.1, 0.15) is 23.1 Å². The van der Waals surface area contributed by atoms with Crippen molar-refractivity contribution >= 4 is 56.0 Å². The molecule has 0 bridgehead atoms. The van der Waals surface area contributed by atoms with Crippen molar-refractivity contribution in [2.45, 2.75) is 38.8 Å². The summed E-state index contributed by atoms with van der Waals surface area (Å²) in [5, 5.41) is 4.42. The summed E-state index contributed by atoms with van der Waals surface area (Å²) >= 11 is 11.4. The van der Waals surface area contributed by atoms with E-state index in [1.165, 1.54) is 4.88 Å². The third-order valence-electron chi connectivity index (χ3n) is 6.01. The Morgan fingerprint density at radius 1 is 1.17 bits per heavy atom. The topological polar surface area (TPSA) is 63.8 Å². The van der Waals surface area contributed by atoms with E-state index in [9.17, 15) is 4.79 Å². The fraction of sp³-hybridized carbons (Fsp3) is 0.214. The Hall–Kier alpha value is -2.87. The molecule has 1 N–H and O–H groups in total. The molecule has 0 radical (unpaired) electrons. The van der Waals surface area contributed by atoms with Crippen LogP contribution in [0.15, 0.2) is 74.7 Å². The number of nitrogens with one attached hydrogen (secondary N) is 1. The van der Waals surface area contributed by atoms with Crippen LogP contribution in [0.5, 0.6) is 5.75 Å². The van der Waals surface area contributed by atoms with Crippen molar-refractivity contribution in [3.63, 3.8) is 0 Å². The molecule has 0 atom stereocenters. The lowest BCUT2D eigenvalue weighted by Gasteiger charge is -2.12. The lowest BCUT2D eigenvalue weighted by molar-refractivity contribution is 0.0948. The van der Waals surface area contributed by atoms with E-state index in [-0.39, 0.29) is 5.91 Å². The molecule has 4 aromatic rings. The highest BCUT2D eigenvalue weighted by molar-refractivity contribution is 9.10. The molecule has 0 fully saturated rings. The molecule has 1 amide bonds. The first-order valence-electron chi connectivity index (χ1n) is 11.7. The molecule has 8 heteroatoms. The number of aliphatic imine (C=N–C) groups is 1. The number of rotatable bonds is 8. The Bertz CT molecular complexity index is 1400. The van der Waals surface area contributed by atoms with Gasteiger partial charge in [0.15, 0.2) is 0 Å². The molecule has 2 heterocycles. The largest absolute Gasteiger partial charge is 0.488 e. The Morgan fingerprint density at radius 2 is 2.03 bits per heavy atom. The number of nitrogens with zero attached hydrogens (tertiary/aromatic N) is 1. The van der Waals surface area contributed by atoms with E-state index in [0.29, 0.717) is 23.7 Å². The van der Waals surface area contributed by atoms with Gasteiger partial charge in [0.2, 0.25) is 0 Å². The number of carbonyl (C=O) groups excluding carboxylic acids is 1. The second-order valence-electron chi connectivity index (χ2n) is 8.48. The third-order valence-corrected chi connectivity index (χ3v) is 8.20. The van der Waals surface area contributed by atoms with Crippen molar-refractivity contribution in [2.24, 2.45) is 4.99 Å². The Morgan fingerprint density at radius 3 is 2.83 bits per heavy atom. The van der Waals surface area contributed by atoms with Crippen LogP contribution in [0, 0.1) is 0 Å². The second-order valence-corrected chi connectivity index (χ2v) is 10.8. The average molecular weight is 584 g/mol. The number of benzene rings is 2. The highest BCUT2D eigenvalue weighted by atomic mass is 79.9. The molecule has 36 heavy (non-hydrogen) atoms. The minimum atomic E-state index is -0.109. The summed E-state index contributed by atoms with van der Waals surface area (Å²) < 4.78 is 12.1. The maximum absolute atomic E-state index is 13.2. The average Bonchev–Trinajstić information content (AvgIpc) is 3.54. The maximum atomic E-state index is 13.2. The van der Waals surface area contributed by atoms with Crippen LogP contribution in [0.1, 0.15) is 50.5 Å². The zero-order valence-electron chi connectivity index (χ0n) is 19.4. The fourth-order valence-electron chi connectivity index (χ4n) is 4.16. The molecule has 5 rings (SSSR count). The highest BCUT2D eigenvalue weighted by Gasteiger charge is 2.25. The van der Waals surface area contributed by atoms with Crippen molar-refractivity contribution in [3.8, 4) is 5.75 Å². The minimum absolute atomic E-state index is 0.109. The number of furan rings is 1. The molecule has 0 aliphatic heterocycles. The van der Waals surface area contributed by atoms with Crippen molar-refractivity contribution in [1.29, 1.82) is 0 Å². The minimum Gasteiger partial charge on any atom is -0.488 e. The van der Waals surface area contributed by atoms with Crippen molar-refractivity contribution in [1.82, 2.24) is 5.32 Å². The lowest BCUT2D eigenvalue weighted by Crippen LogP contribution is -2.23. The molecule has 184 valence electrons. The van der Waals surface area contributed by atoms with E-state index in [1.54, 1.807) is 23.8 Å². The maximum Gasteiger partial charge on any atom is 0.255 e. The first kappa shape index (κ1) is 24.8. The summed E-state index contributed by atoms with van der Waals surface area (Å²) in [4.78, 5) is 19.2. The van der Waals surface area contributed by atoms with Gasteiger partial charge in [-0.1, -0.05) is 29.8 Å². The van der Waals surface area contributed by atoms with E-state index in [2.05, 4.69) is 21.2 Å². The Balaban J connectivity index is 1.33. The van der Waals surface area contributed by atoms with Crippen LogP contribution in [0.25, 0.3) is 0 Å². The molecule has 2 aromatic heterocycles. The normalized spacial score (nSPS) is 13.1. The van der Waals surface area contributed by atoms with Crippen LogP contribution in [0.2, 0.25) is 5.02 Å². The number of ether oxygens (including phenoxy) is 1. The van der Waals surface area contributed by atoms with E-state index in [1.807, 2.05) is 54.6 Å². The van der Waals surface area contributed by atoms with Crippen LogP contribution in [0.3, 0.4) is 0 Å². The summed E-state index contributed by atoms with van der Waals surface area (Å²) in [5.41, 5.74) is 3.66. The monoisotopic (exact) mass is 582 g/mol. The van der Waals surface area contributed by atoms with Gasteiger partial charge < -0.3 is 14.5 Å². The smallest absolute Gasteiger partial charge is 0.255 e. The molecular formula is C28H24BrClN2O3S. The number of thiophene rings is 1. The van der Waals surface area contributed by atoms with Crippen molar-refractivity contribution < 1.29 is 13.9 Å². The van der Waals surface area contributed by atoms with Gasteiger partial charge in [0.05, 0.1) is 22.8 Å². The zero-order chi connectivity index (χ0) is 24.9. The van der Waals surface area contributed by atoms with Crippen LogP contribution in [-0.4, -0.2) is 12.1 Å². The number of hydrogen-bond acceptors (Lipinski definition) is 5. The van der Waals surface area contributed by atoms with Crippen LogP contribution in [0.4, 0.5) is 5.00 Å². The van der Waals surface area contributed by atoms with Gasteiger partial charge in [-0.05, 0) is 89.1 Å². The molecule has 5 nitrogen and oxygen atoms in total. The summed E-state index contributed by atoms with van der Waals surface area (Å²) in [6.07, 6.45) is 7.55. The van der Waals surface area contributed by atoms with Crippen molar-refractivity contribution in [3.05, 3.63) is 103 Å². The molecule has 1 aliphatic carbocycles. The highest BCUT2D eigenvalue weighted by Crippen LogP contribution is 2.40. The third kappa shape index (κ3) is 5.75. The summed E-state index contributed by atoms with van der Waals surface area (Å²) in [6.45, 7) is 0.727. The molecule has 2 aromatic carbocycles. The first-order valence-corrected chi connectivity index (χ1v) is 13.7.